The van der Waals surface area contributed by atoms with Crippen LogP contribution in [0.5, 0.6) is 0 Å². The fourth-order valence-corrected chi connectivity index (χ4v) is 2.53. The molecule has 0 spiro atoms. The van der Waals surface area contributed by atoms with Crippen LogP contribution in [0.4, 0.5) is 10.1 Å². The van der Waals surface area contributed by atoms with E-state index in [9.17, 15) is 4.39 Å². The Balaban J connectivity index is 2.18. The average molecular weight is 265 g/mol. The minimum absolute atomic E-state index is 0.154. The highest BCUT2D eigenvalue weighted by molar-refractivity contribution is 5.54. The zero-order valence-corrected chi connectivity index (χ0v) is 12.1. The summed E-state index contributed by atoms with van der Waals surface area (Å²) in [6.45, 7) is 8.99. The molecule has 106 valence electrons. The second kappa shape index (κ2) is 6.35. The monoisotopic (exact) mass is 265 g/mol. The summed E-state index contributed by atoms with van der Waals surface area (Å²) in [5, 5.41) is 3.29. The van der Waals surface area contributed by atoms with Crippen LogP contribution in [0.25, 0.3) is 0 Å². The Kier molecular flexibility index (Phi) is 4.77. The molecule has 1 heterocycles. The number of anilines is 1. The van der Waals surface area contributed by atoms with Crippen LogP contribution >= 0.6 is 0 Å². The summed E-state index contributed by atoms with van der Waals surface area (Å²) < 4.78 is 13.4. The third kappa shape index (κ3) is 3.45. The lowest BCUT2D eigenvalue weighted by molar-refractivity contribution is 0.234. The van der Waals surface area contributed by atoms with Gasteiger partial charge in [0, 0.05) is 37.9 Å². The van der Waals surface area contributed by atoms with E-state index in [4.69, 9.17) is 0 Å². The number of nitrogens with one attached hydrogen (secondary N) is 1. The van der Waals surface area contributed by atoms with E-state index < -0.39 is 0 Å². The van der Waals surface area contributed by atoms with Gasteiger partial charge in [0.05, 0.1) is 0 Å². The summed E-state index contributed by atoms with van der Waals surface area (Å²) in [5.41, 5.74) is 2.22. The van der Waals surface area contributed by atoms with E-state index in [1.54, 1.807) is 12.1 Å². The predicted octanol–water partition coefficient (Wildman–Crippen LogP) is 2.08. The van der Waals surface area contributed by atoms with Crippen LogP contribution in [0.2, 0.25) is 0 Å². The van der Waals surface area contributed by atoms with Crippen LogP contribution in [0.15, 0.2) is 18.2 Å². The molecule has 0 amide bonds. The first kappa shape index (κ1) is 14.3. The molecule has 0 radical (unpaired) electrons. The van der Waals surface area contributed by atoms with Gasteiger partial charge >= 0.3 is 0 Å². The Hall–Kier alpha value is -1.13. The molecule has 3 nitrogen and oxygen atoms in total. The van der Waals surface area contributed by atoms with Crippen molar-refractivity contribution in [1.82, 2.24) is 10.2 Å². The molecule has 0 aromatic heterocycles. The minimum atomic E-state index is -0.154. The van der Waals surface area contributed by atoms with Crippen LogP contribution in [0.3, 0.4) is 0 Å². The van der Waals surface area contributed by atoms with Crippen molar-refractivity contribution in [2.24, 2.45) is 0 Å². The van der Waals surface area contributed by atoms with Crippen molar-refractivity contribution in [2.75, 3.05) is 38.1 Å². The number of likely N-dealkylation sites (N-methyl/N-ethyl adjacent to an activating group) is 1. The summed E-state index contributed by atoms with van der Waals surface area (Å²) in [6.07, 6.45) is 0. The highest BCUT2D eigenvalue weighted by Gasteiger charge is 2.22. The molecule has 1 aromatic rings. The number of nitrogens with zero attached hydrogens (tertiary/aromatic N) is 2. The molecule has 1 aliphatic rings. The highest BCUT2D eigenvalue weighted by Crippen LogP contribution is 2.24. The average Bonchev–Trinajstić information content (AvgIpc) is 2.40. The molecule has 1 saturated heterocycles. The molecule has 0 bridgehead atoms. The van der Waals surface area contributed by atoms with Gasteiger partial charge in [-0.3, -0.25) is 0 Å². The predicted molar refractivity (Wildman–Crippen MR) is 78.1 cm³/mol. The Morgan fingerprint density at radius 1 is 1.37 bits per heavy atom. The lowest BCUT2D eigenvalue weighted by atomic mass is 10.1. The molecule has 2 rings (SSSR count). The summed E-state index contributed by atoms with van der Waals surface area (Å²) >= 11 is 0. The maximum absolute atomic E-state index is 13.4. The van der Waals surface area contributed by atoms with Gasteiger partial charge in [-0.15, -0.1) is 0 Å². The summed E-state index contributed by atoms with van der Waals surface area (Å²) in [7, 11) is 2.16. The SMILES string of the molecule is CCNCc1cc(F)ccc1N1CCN(C)C(C)C1. The van der Waals surface area contributed by atoms with Crippen LogP contribution in [-0.2, 0) is 6.54 Å². The lowest BCUT2D eigenvalue weighted by Gasteiger charge is -2.39. The first-order valence-corrected chi connectivity index (χ1v) is 7.06. The van der Waals surface area contributed by atoms with Gasteiger partial charge in [0.1, 0.15) is 5.82 Å². The van der Waals surface area contributed by atoms with Crippen molar-refractivity contribution in [3.05, 3.63) is 29.6 Å². The van der Waals surface area contributed by atoms with Gasteiger partial charge in [-0.2, -0.15) is 0 Å². The van der Waals surface area contributed by atoms with E-state index >= 15 is 0 Å². The molecule has 4 heteroatoms. The molecule has 0 saturated carbocycles. The number of hydrogen-bond donors (Lipinski definition) is 1. The molecule has 1 atom stereocenters. The van der Waals surface area contributed by atoms with Gasteiger partial charge in [-0.05, 0) is 44.3 Å². The smallest absolute Gasteiger partial charge is 0.123 e. The molecule has 0 aliphatic carbocycles. The second-order valence-electron chi connectivity index (χ2n) is 5.33. The normalized spacial score (nSPS) is 20.8. The zero-order valence-electron chi connectivity index (χ0n) is 12.1. The third-order valence-electron chi connectivity index (χ3n) is 3.91. The summed E-state index contributed by atoms with van der Waals surface area (Å²) in [5.74, 6) is -0.154. The van der Waals surface area contributed by atoms with Crippen LogP contribution in [0, 0.1) is 5.82 Å². The number of piperazine rings is 1. The molecule has 19 heavy (non-hydrogen) atoms. The number of hydrogen-bond acceptors (Lipinski definition) is 3. The van der Waals surface area contributed by atoms with Crippen LogP contribution < -0.4 is 10.2 Å². The third-order valence-corrected chi connectivity index (χ3v) is 3.91. The zero-order chi connectivity index (χ0) is 13.8. The Morgan fingerprint density at radius 3 is 2.84 bits per heavy atom. The second-order valence-corrected chi connectivity index (χ2v) is 5.33. The molecule has 1 fully saturated rings. The molecule has 1 aliphatic heterocycles. The van der Waals surface area contributed by atoms with Crippen LogP contribution in [-0.4, -0.2) is 44.2 Å². The van der Waals surface area contributed by atoms with E-state index in [1.807, 2.05) is 6.07 Å². The first-order valence-electron chi connectivity index (χ1n) is 7.06. The van der Waals surface area contributed by atoms with E-state index in [0.29, 0.717) is 6.04 Å². The molecule has 1 N–H and O–H groups in total. The van der Waals surface area contributed by atoms with Gasteiger partial charge in [-0.25, -0.2) is 4.39 Å². The Labute approximate surface area is 115 Å². The number of benzene rings is 1. The van der Waals surface area contributed by atoms with Gasteiger partial charge in [-0.1, -0.05) is 6.92 Å². The van der Waals surface area contributed by atoms with Crippen molar-refractivity contribution in [1.29, 1.82) is 0 Å². The molecular weight excluding hydrogens is 241 g/mol. The quantitative estimate of drug-likeness (QED) is 0.899. The van der Waals surface area contributed by atoms with E-state index in [1.165, 1.54) is 5.69 Å². The Morgan fingerprint density at radius 2 is 2.16 bits per heavy atom. The van der Waals surface area contributed by atoms with E-state index in [2.05, 4.69) is 36.0 Å². The van der Waals surface area contributed by atoms with E-state index in [-0.39, 0.29) is 5.82 Å². The van der Waals surface area contributed by atoms with Crippen molar-refractivity contribution in [3.63, 3.8) is 0 Å². The maximum Gasteiger partial charge on any atom is 0.123 e. The van der Waals surface area contributed by atoms with Crippen molar-refractivity contribution < 1.29 is 4.39 Å². The van der Waals surface area contributed by atoms with Gasteiger partial charge in [0.25, 0.3) is 0 Å². The van der Waals surface area contributed by atoms with Gasteiger partial charge in [0.2, 0.25) is 0 Å². The minimum Gasteiger partial charge on any atom is -0.368 e. The fraction of sp³-hybridized carbons (Fsp3) is 0.600. The van der Waals surface area contributed by atoms with Crippen molar-refractivity contribution >= 4 is 5.69 Å². The Bertz CT molecular complexity index is 422. The number of rotatable bonds is 4. The first-order chi connectivity index (χ1) is 9.11. The molecule has 1 unspecified atom stereocenters. The standard InChI is InChI=1S/C15H24FN3/c1-4-17-10-13-9-14(16)5-6-15(13)19-8-7-18(3)12(2)11-19/h5-6,9,12,17H,4,7-8,10-11H2,1-3H3. The topological polar surface area (TPSA) is 18.5 Å². The van der Waals surface area contributed by atoms with Gasteiger partial charge < -0.3 is 15.1 Å². The molecule has 1 aromatic carbocycles. The van der Waals surface area contributed by atoms with Crippen LogP contribution in [0.1, 0.15) is 19.4 Å². The summed E-state index contributed by atoms with van der Waals surface area (Å²) in [4.78, 5) is 4.74. The maximum atomic E-state index is 13.4. The number of halogens is 1. The largest absolute Gasteiger partial charge is 0.368 e. The molecular formula is C15H24FN3. The fourth-order valence-electron chi connectivity index (χ4n) is 2.53. The van der Waals surface area contributed by atoms with Crippen molar-refractivity contribution in [2.45, 2.75) is 26.4 Å². The lowest BCUT2D eigenvalue weighted by Crippen LogP contribution is -2.50. The summed E-state index contributed by atoms with van der Waals surface area (Å²) in [6, 6.07) is 5.67. The highest BCUT2D eigenvalue weighted by atomic mass is 19.1. The van der Waals surface area contributed by atoms with E-state index in [0.717, 1.165) is 38.3 Å². The van der Waals surface area contributed by atoms with Gasteiger partial charge in [0.15, 0.2) is 0 Å². The van der Waals surface area contributed by atoms with Crippen molar-refractivity contribution in [3.8, 4) is 0 Å².